The Hall–Kier alpha value is -3.35. The summed E-state index contributed by atoms with van der Waals surface area (Å²) in [6.07, 6.45) is 6.61. The van der Waals surface area contributed by atoms with Crippen LogP contribution in [-0.2, 0) is 0 Å². The molecular weight excluding hydrogens is 437 g/mol. The summed E-state index contributed by atoms with van der Waals surface area (Å²) in [5.74, 6) is 1.23. The van der Waals surface area contributed by atoms with Crippen LogP contribution < -0.4 is 5.32 Å². The Labute approximate surface area is 195 Å². The highest BCUT2D eigenvalue weighted by atomic mass is 19.1. The minimum Gasteiger partial charge on any atom is -0.367 e. The zero-order valence-corrected chi connectivity index (χ0v) is 18.8. The maximum absolute atomic E-state index is 14.3. The highest BCUT2D eigenvalue weighted by Gasteiger charge is 2.41. The van der Waals surface area contributed by atoms with Crippen molar-refractivity contribution in [3.05, 3.63) is 66.1 Å². The average Bonchev–Trinajstić information content (AvgIpc) is 3.26. The third-order valence-corrected chi connectivity index (χ3v) is 7.76. The van der Waals surface area contributed by atoms with E-state index in [0.29, 0.717) is 46.2 Å². The Bertz CT molecular complexity index is 1350. The van der Waals surface area contributed by atoms with E-state index in [0.717, 1.165) is 17.5 Å². The molecule has 7 heteroatoms. The molecule has 0 spiro atoms. The van der Waals surface area contributed by atoms with Crippen molar-refractivity contribution in [2.24, 2.45) is 17.8 Å². The molecule has 4 aromatic rings. The Kier molecular flexibility index (Phi) is 5.08. The largest absolute Gasteiger partial charge is 0.367 e. The first-order chi connectivity index (χ1) is 16.5. The van der Waals surface area contributed by atoms with Gasteiger partial charge in [0.2, 0.25) is 0 Å². The van der Waals surface area contributed by atoms with E-state index in [-0.39, 0.29) is 11.3 Å². The van der Waals surface area contributed by atoms with E-state index in [1.807, 2.05) is 6.07 Å². The second-order valence-electron chi connectivity index (χ2n) is 9.69. The van der Waals surface area contributed by atoms with Crippen LogP contribution in [0.5, 0.6) is 0 Å². The van der Waals surface area contributed by atoms with E-state index in [2.05, 4.69) is 17.2 Å². The number of anilines is 1. The molecule has 0 amide bonds. The molecule has 34 heavy (non-hydrogen) atoms. The van der Waals surface area contributed by atoms with Crippen LogP contribution in [0.15, 0.2) is 48.7 Å². The monoisotopic (exact) mass is 462 g/mol. The van der Waals surface area contributed by atoms with Gasteiger partial charge in [0, 0.05) is 40.9 Å². The Morgan fingerprint density at radius 3 is 2.35 bits per heavy atom. The fourth-order valence-corrected chi connectivity index (χ4v) is 5.92. The molecule has 2 heterocycles. The van der Waals surface area contributed by atoms with Crippen LogP contribution in [0.25, 0.3) is 33.5 Å². The van der Waals surface area contributed by atoms with Gasteiger partial charge in [0.15, 0.2) is 5.82 Å². The first kappa shape index (κ1) is 21.2. The number of halogens is 3. The molecule has 3 fully saturated rings. The number of aromatic amines is 1. The van der Waals surface area contributed by atoms with Crippen molar-refractivity contribution >= 4 is 16.7 Å². The standard InChI is InChI=1S/C27H25F3N4/c1-14-15-2-4-17(5-3-15)25(14)33-24-12-23(16-6-8-18(28)9-7-16)32-27(34-24)21-13-31-26-20(21)10-19(29)11-22(26)30/h6-15,17,25,31H,2-5H2,1H3,(H,32,33,34)/t14-,15?,17?,25+/m0/s1. The van der Waals surface area contributed by atoms with Gasteiger partial charge in [-0.15, -0.1) is 0 Å². The molecule has 2 atom stereocenters. The lowest BCUT2D eigenvalue weighted by atomic mass is 9.62. The van der Waals surface area contributed by atoms with Crippen molar-refractivity contribution < 1.29 is 13.2 Å². The minimum absolute atomic E-state index is 0.208. The lowest BCUT2D eigenvalue weighted by Crippen LogP contribution is -2.47. The summed E-state index contributed by atoms with van der Waals surface area (Å²) in [6, 6.07) is 10.5. The molecule has 0 saturated heterocycles. The number of benzene rings is 2. The number of hydrogen-bond acceptors (Lipinski definition) is 3. The van der Waals surface area contributed by atoms with Crippen LogP contribution in [0, 0.1) is 35.2 Å². The van der Waals surface area contributed by atoms with E-state index in [1.54, 1.807) is 18.3 Å². The predicted molar refractivity (Wildman–Crippen MR) is 127 cm³/mol. The summed E-state index contributed by atoms with van der Waals surface area (Å²) in [5, 5.41) is 4.05. The number of nitrogens with zero attached hydrogens (tertiary/aromatic N) is 2. The van der Waals surface area contributed by atoms with Crippen molar-refractivity contribution in [2.45, 2.75) is 38.6 Å². The maximum Gasteiger partial charge on any atom is 0.164 e. The third kappa shape index (κ3) is 3.63. The molecule has 2 N–H and O–H groups in total. The highest BCUT2D eigenvalue weighted by Crippen LogP contribution is 2.46. The van der Waals surface area contributed by atoms with Gasteiger partial charge in [-0.3, -0.25) is 0 Å². The fourth-order valence-electron chi connectivity index (χ4n) is 5.92. The quantitative estimate of drug-likeness (QED) is 0.345. The molecule has 3 aliphatic carbocycles. The van der Waals surface area contributed by atoms with Crippen molar-refractivity contribution in [3.63, 3.8) is 0 Å². The Morgan fingerprint density at radius 2 is 1.62 bits per heavy atom. The van der Waals surface area contributed by atoms with Crippen molar-refractivity contribution in [1.82, 2.24) is 15.0 Å². The Balaban J connectivity index is 1.47. The summed E-state index contributed by atoms with van der Waals surface area (Å²) in [6.45, 7) is 2.31. The third-order valence-electron chi connectivity index (χ3n) is 7.76. The van der Waals surface area contributed by atoms with Crippen LogP contribution in [0.3, 0.4) is 0 Å². The molecule has 7 rings (SSSR count). The van der Waals surface area contributed by atoms with Crippen LogP contribution in [-0.4, -0.2) is 21.0 Å². The fraction of sp³-hybridized carbons (Fsp3) is 0.333. The summed E-state index contributed by atoms with van der Waals surface area (Å²) >= 11 is 0. The molecule has 3 saturated carbocycles. The maximum atomic E-state index is 14.3. The van der Waals surface area contributed by atoms with Gasteiger partial charge in [-0.2, -0.15) is 0 Å². The van der Waals surface area contributed by atoms with Gasteiger partial charge in [0.05, 0.1) is 11.2 Å². The molecule has 0 radical (unpaired) electrons. The smallest absolute Gasteiger partial charge is 0.164 e. The number of rotatable bonds is 4. The molecule has 174 valence electrons. The second-order valence-corrected chi connectivity index (χ2v) is 9.69. The van der Waals surface area contributed by atoms with E-state index in [1.165, 1.54) is 43.9 Å². The SMILES string of the molecule is C[C@H]1C2CCC(CC2)[C@@H]1Nc1cc(-c2ccc(F)cc2)nc(-c2c[nH]c3c(F)cc(F)cc23)n1. The topological polar surface area (TPSA) is 53.6 Å². The first-order valence-electron chi connectivity index (χ1n) is 11.8. The number of aromatic nitrogens is 3. The highest BCUT2D eigenvalue weighted by molar-refractivity contribution is 5.94. The van der Waals surface area contributed by atoms with Crippen molar-refractivity contribution in [3.8, 4) is 22.6 Å². The van der Waals surface area contributed by atoms with Gasteiger partial charge in [-0.1, -0.05) is 6.92 Å². The lowest BCUT2D eigenvalue weighted by molar-refractivity contribution is 0.0928. The molecule has 3 aliphatic rings. The molecular formula is C27H25F3N4. The second kappa shape index (κ2) is 8.15. The summed E-state index contributed by atoms with van der Waals surface area (Å²) < 4.78 is 41.9. The zero-order valence-electron chi connectivity index (χ0n) is 18.8. The van der Waals surface area contributed by atoms with E-state index < -0.39 is 11.6 Å². The predicted octanol–water partition coefficient (Wildman–Crippen LogP) is 6.95. The molecule has 2 aromatic heterocycles. The van der Waals surface area contributed by atoms with Gasteiger partial charge >= 0.3 is 0 Å². The summed E-state index contributed by atoms with van der Waals surface area (Å²) in [7, 11) is 0. The van der Waals surface area contributed by atoms with Gasteiger partial charge in [-0.05, 0) is 73.8 Å². The average molecular weight is 463 g/mol. The summed E-state index contributed by atoms with van der Waals surface area (Å²) in [5.41, 5.74) is 2.08. The van der Waals surface area contributed by atoms with Crippen LogP contribution in [0.4, 0.5) is 19.0 Å². The van der Waals surface area contributed by atoms with E-state index in [9.17, 15) is 13.2 Å². The number of H-pyrrole nitrogens is 1. The Morgan fingerprint density at radius 1 is 0.882 bits per heavy atom. The normalized spacial score (nSPS) is 24.0. The summed E-state index contributed by atoms with van der Waals surface area (Å²) in [4.78, 5) is 12.4. The molecule has 2 bridgehead atoms. The van der Waals surface area contributed by atoms with Crippen LogP contribution >= 0.6 is 0 Å². The van der Waals surface area contributed by atoms with Gasteiger partial charge < -0.3 is 10.3 Å². The number of hydrogen-bond donors (Lipinski definition) is 2. The van der Waals surface area contributed by atoms with Crippen LogP contribution in [0.1, 0.15) is 32.6 Å². The van der Waals surface area contributed by atoms with Gasteiger partial charge in [0.1, 0.15) is 23.3 Å². The lowest BCUT2D eigenvalue weighted by Gasteiger charge is -2.47. The zero-order chi connectivity index (χ0) is 23.4. The molecule has 0 unspecified atom stereocenters. The minimum atomic E-state index is -0.665. The molecule has 2 aromatic carbocycles. The van der Waals surface area contributed by atoms with E-state index >= 15 is 0 Å². The molecule has 4 nitrogen and oxygen atoms in total. The van der Waals surface area contributed by atoms with E-state index in [4.69, 9.17) is 9.97 Å². The van der Waals surface area contributed by atoms with Crippen molar-refractivity contribution in [2.75, 3.05) is 5.32 Å². The number of nitrogens with one attached hydrogen (secondary N) is 2. The van der Waals surface area contributed by atoms with Gasteiger partial charge in [-0.25, -0.2) is 23.1 Å². The van der Waals surface area contributed by atoms with Crippen molar-refractivity contribution in [1.29, 1.82) is 0 Å². The first-order valence-corrected chi connectivity index (χ1v) is 11.8. The number of fused-ring (bicyclic) bond motifs is 4. The van der Waals surface area contributed by atoms with Gasteiger partial charge in [0.25, 0.3) is 0 Å². The van der Waals surface area contributed by atoms with Crippen LogP contribution in [0.2, 0.25) is 0 Å². The molecule has 0 aliphatic heterocycles.